The van der Waals surface area contributed by atoms with Gasteiger partial charge in [-0.3, -0.25) is 4.79 Å². The van der Waals surface area contributed by atoms with Crippen molar-refractivity contribution < 1.29 is 9.59 Å². The highest BCUT2D eigenvalue weighted by Crippen LogP contribution is 2.23. The third-order valence-corrected chi connectivity index (χ3v) is 4.81. The van der Waals surface area contributed by atoms with Gasteiger partial charge in [-0.1, -0.05) is 35.0 Å². The summed E-state index contributed by atoms with van der Waals surface area (Å²) in [5.74, 6) is 0.732. The van der Waals surface area contributed by atoms with E-state index in [0.29, 0.717) is 5.92 Å². The molecule has 1 saturated heterocycles. The van der Waals surface area contributed by atoms with Crippen molar-refractivity contribution in [2.45, 2.75) is 38.6 Å². The summed E-state index contributed by atoms with van der Waals surface area (Å²) in [6.45, 7) is 3.82. The van der Waals surface area contributed by atoms with Crippen LogP contribution in [0.25, 0.3) is 0 Å². The lowest BCUT2D eigenvalue weighted by Crippen LogP contribution is -2.38. The van der Waals surface area contributed by atoms with E-state index < -0.39 is 12.1 Å². The van der Waals surface area contributed by atoms with Gasteiger partial charge in [0.25, 0.3) is 0 Å². The first-order valence-corrected chi connectivity index (χ1v) is 8.84. The van der Waals surface area contributed by atoms with Gasteiger partial charge in [0.2, 0.25) is 5.91 Å². The predicted molar refractivity (Wildman–Crippen MR) is 93.8 cm³/mol. The van der Waals surface area contributed by atoms with Crippen LogP contribution in [-0.4, -0.2) is 29.9 Å². The molecule has 2 rings (SSSR count). The lowest BCUT2D eigenvalue weighted by atomic mass is 10.0. The number of benzene rings is 1. The van der Waals surface area contributed by atoms with Crippen molar-refractivity contribution in [3.05, 3.63) is 34.3 Å². The second kappa shape index (κ2) is 8.34. The third kappa shape index (κ3) is 5.53. The standard InChI is InChI=1S/C17H24BrN3O2/c1-12-4-3-8-21(9-7-12)16(22)11-15(20-17(19)23)13-5-2-6-14(18)10-13/h2,5-6,10,12,15H,3-4,7-9,11H2,1H3,(H3,19,20,23)/t12-,15+/m1/s1. The minimum Gasteiger partial charge on any atom is -0.352 e. The summed E-state index contributed by atoms with van der Waals surface area (Å²) in [5, 5.41) is 2.69. The highest BCUT2D eigenvalue weighted by atomic mass is 79.9. The number of primary amides is 1. The van der Waals surface area contributed by atoms with Gasteiger partial charge in [0, 0.05) is 17.6 Å². The normalized spacial score (nSPS) is 19.7. The number of nitrogens with two attached hydrogens (primary N) is 1. The van der Waals surface area contributed by atoms with Gasteiger partial charge in [-0.2, -0.15) is 0 Å². The molecule has 6 heteroatoms. The summed E-state index contributed by atoms with van der Waals surface area (Å²) in [7, 11) is 0. The van der Waals surface area contributed by atoms with Gasteiger partial charge < -0.3 is 16.0 Å². The fraction of sp³-hybridized carbons (Fsp3) is 0.529. The average molecular weight is 382 g/mol. The zero-order chi connectivity index (χ0) is 16.8. The van der Waals surface area contributed by atoms with Crippen LogP contribution in [-0.2, 0) is 4.79 Å². The van der Waals surface area contributed by atoms with Crippen molar-refractivity contribution >= 4 is 27.9 Å². The Kier molecular flexibility index (Phi) is 6.45. The van der Waals surface area contributed by atoms with E-state index in [0.717, 1.165) is 36.0 Å². The molecule has 0 spiro atoms. The number of halogens is 1. The number of rotatable bonds is 4. The molecule has 1 fully saturated rings. The SMILES string of the molecule is C[C@@H]1CCCN(C(=O)C[C@H](NC(N)=O)c2cccc(Br)c2)CC1. The van der Waals surface area contributed by atoms with Crippen molar-refractivity contribution in [3.8, 4) is 0 Å². The maximum Gasteiger partial charge on any atom is 0.312 e. The summed E-state index contributed by atoms with van der Waals surface area (Å²) < 4.78 is 0.905. The highest BCUT2D eigenvalue weighted by molar-refractivity contribution is 9.10. The van der Waals surface area contributed by atoms with Crippen LogP contribution in [0.3, 0.4) is 0 Å². The number of hydrogen-bond acceptors (Lipinski definition) is 2. The van der Waals surface area contributed by atoms with Gasteiger partial charge in [0.1, 0.15) is 0 Å². The number of amides is 3. The van der Waals surface area contributed by atoms with Crippen LogP contribution < -0.4 is 11.1 Å². The highest BCUT2D eigenvalue weighted by Gasteiger charge is 2.23. The Morgan fingerprint density at radius 2 is 2.17 bits per heavy atom. The topological polar surface area (TPSA) is 75.4 Å². The van der Waals surface area contributed by atoms with Crippen molar-refractivity contribution in [1.82, 2.24) is 10.2 Å². The molecule has 0 aromatic heterocycles. The number of hydrogen-bond donors (Lipinski definition) is 2. The lowest BCUT2D eigenvalue weighted by Gasteiger charge is -2.24. The summed E-state index contributed by atoms with van der Waals surface area (Å²) in [6.07, 6.45) is 3.47. The fourth-order valence-corrected chi connectivity index (χ4v) is 3.38. The first kappa shape index (κ1) is 17.8. The van der Waals surface area contributed by atoms with Gasteiger partial charge in [-0.25, -0.2) is 4.79 Å². The summed E-state index contributed by atoms with van der Waals surface area (Å²) in [5.41, 5.74) is 6.15. The minimum absolute atomic E-state index is 0.0674. The second-order valence-corrected chi connectivity index (χ2v) is 7.15. The van der Waals surface area contributed by atoms with E-state index in [-0.39, 0.29) is 12.3 Å². The molecular formula is C17H24BrN3O2. The molecule has 0 unspecified atom stereocenters. The third-order valence-electron chi connectivity index (χ3n) is 4.32. The maximum absolute atomic E-state index is 12.6. The van der Waals surface area contributed by atoms with Crippen LogP contribution in [0.15, 0.2) is 28.7 Å². The van der Waals surface area contributed by atoms with Crippen LogP contribution in [0.4, 0.5) is 4.79 Å². The molecule has 3 amide bonds. The lowest BCUT2D eigenvalue weighted by molar-refractivity contribution is -0.131. The van der Waals surface area contributed by atoms with Gasteiger partial charge in [-0.15, -0.1) is 0 Å². The van der Waals surface area contributed by atoms with Gasteiger partial charge in [0.15, 0.2) is 0 Å². The van der Waals surface area contributed by atoms with Crippen molar-refractivity contribution in [2.24, 2.45) is 11.7 Å². The van der Waals surface area contributed by atoms with Crippen LogP contribution in [0.1, 0.15) is 44.2 Å². The largest absolute Gasteiger partial charge is 0.352 e. The second-order valence-electron chi connectivity index (χ2n) is 6.24. The average Bonchev–Trinajstić information content (AvgIpc) is 2.71. The van der Waals surface area contributed by atoms with Gasteiger partial charge in [0.05, 0.1) is 12.5 Å². The molecule has 3 N–H and O–H groups in total. The first-order chi connectivity index (χ1) is 11.0. The number of carbonyl (C=O) groups is 2. The van der Waals surface area contributed by atoms with Crippen LogP contribution in [0.2, 0.25) is 0 Å². The number of likely N-dealkylation sites (tertiary alicyclic amines) is 1. The quantitative estimate of drug-likeness (QED) is 0.839. The Morgan fingerprint density at radius 3 is 2.87 bits per heavy atom. The van der Waals surface area contributed by atoms with Crippen molar-refractivity contribution in [3.63, 3.8) is 0 Å². The molecule has 2 atom stereocenters. The molecule has 1 aromatic carbocycles. The van der Waals surface area contributed by atoms with Gasteiger partial charge >= 0.3 is 6.03 Å². The van der Waals surface area contributed by atoms with E-state index in [2.05, 4.69) is 28.2 Å². The van der Waals surface area contributed by atoms with Crippen molar-refractivity contribution in [2.75, 3.05) is 13.1 Å². The first-order valence-electron chi connectivity index (χ1n) is 8.05. The minimum atomic E-state index is -0.618. The molecule has 0 radical (unpaired) electrons. The molecule has 1 heterocycles. The van der Waals surface area contributed by atoms with E-state index in [4.69, 9.17) is 5.73 Å². The molecule has 0 aliphatic carbocycles. The molecule has 1 aromatic rings. The summed E-state index contributed by atoms with van der Waals surface area (Å²) >= 11 is 3.42. The zero-order valence-electron chi connectivity index (χ0n) is 13.4. The Bertz CT molecular complexity index is 565. The Morgan fingerprint density at radius 1 is 1.39 bits per heavy atom. The van der Waals surface area contributed by atoms with Crippen LogP contribution >= 0.6 is 15.9 Å². The van der Waals surface area contributed by atoms with E-state index in [1.807, 2.05) is 29.2 Å². The number of carbonyl (C=O) groups excluding carboxylic acids is 2. The smallest absolute Gasteiger partial charge is 0.312 e. The predicted octanol–water partition coefficient (Wildman–Crippen LogP) is 3.20. The molecule has 23 heavy (non-hydrogen) atoms. The van der Waals surface area contributed by atoms with Crippen molar-refractivity contribution in [1.29, 1.82) is 0 Å². The van der Waals surface area contributed by atoms with E-state index in [1.165, 1.54) is 6.42 Å². The Labute approximate surface area is 145 Å². The van der Waals surface area contributed by atoms with Crippen LogP contribution in [0, 0.1) is 5.92 Å². The van der Waals surface area contributed by atoms with Gasteiger partial charge in [-0.05, 0) is 42.9 Å². The van der Waals surface area contributed by atoms with E-state index >= 15 is 0 Å². The van der Waals surface area contributed by atoms with E-state index in [9.17, 15) is 9.59 Å². The Hall–Kier alpha value is -1.56. The number of nitrogens with one attached hydrogen (secondary N) is 1. The number of nitrogens with zero attached hydrogens (tertiary/aromatic N) is 1. The molecule has 126 valence electrons. The zero-order valence-corrected chi connectivity index (χ0v) is 15.0. The Balaban J connectivity index is 2.07. The fourth-order valence-electron chi connectivity index (χ4n) is 2.96. The molecular weight excluding hydrogens is 358 g/mol. The van der Waals surface area contributed by atoms with E-state index in [1.54, 1.807) is 0 Å². The summed E-state index contributed by atoms with van der Waals surface area (Å²) in [4.78, 5) is 25.8. The molecule has 5 nitrogen and oxygen atoms in total. The summed E-state index contributed by atoms with van der Waals surface area (Å²) in [6, 6.07) is 6.56. The maximum atomic E-state index is 12.6. The van der Waals surface area contributed by atoms with Crippen LogP contribution in [0.5, 0.6) is 0 Å². The molecule has 1 aliphatic heterocycles. The monoisotopic (exact) mass is 381 g/mol. The number of urea groups is 1. The molecule has 0 bridgehead atoms. The molecule has 1 aliphatic rings. The molecule has 0 saturated carbocycles.